The van der Waals surface area contributed by atoms with Crippen molar-refractivity contribution in [2.45, 2.75) is 33.8 Å². The zero-order valence-electron chi connectivity index (χ0n) is 12.9. The molecule has 0 aliphatic heterocycles. The molecule has 0 aromatic heterocycles. The summed E-state index contributed by atoms with van der Waals surface area (Å²) in [5.74, 6) is 0.598. The van der Waals surface area contributed by atoms with Gasteiger partial charge in [0.05, 0.1) is 0 Å². The van der Waals surface area contributed by atoms with Crippen LogP contribution in [0.5, 0.6) is 5.75 Å². The SMILES string of the molecule is Cc1ccc(NC(=O)[C@@H](C)Oc2cc(C)ccc2C)cc1. The molecule has 21 heavy (non-hydrogen) atoms. The van der Waals surface area contributed by atoms with Crippen LogP contribution >= 0.6 is 0 Å². The van der Waals surface area contributed by atoms with Gasteiger partial charge in [0.15, 0.2) is 6.10 Å². The molecule has 0 aliphatic rings. The zero-order chi connectivity index (χ0) is 15.4. The third-order valence-corrected chi connectivity index (χ3v) is 3.34. The second kappa shape index (κ2) is 6.44. The number of hydrogen-bond donors (Lipinski definition) is 1. The minimum absolute atomic E-state index is 0.153. The Morgan fingerprint density at radius 3 is 2.29 bits per heavy atom. The van der Waals surface area contributed by atoms with E-state index in [1.165, 1.54) is 0 Å². The van der Waals surface area contributed by atoms with Crippen LogP contribution in [0.1, 0.15) is 23.6 Å². The first-order valence-electron chi connectivity index (χ1n) is 7.07. The van der Waals surface area contributed by atoms with Gasteiger partial charge in [0.25, 0.3) is 5.91 Å². The molecule has 0 unspecified atom stereocenters. The Kier molecular flexibility index (Phi) is 4.63. The molecule has 110 valence electrons. The highest BCUT2D eigenvalue weighted by Crippen LogP contribution is 2.21. The number of benzene rings is 2. The van der Waals surface area contributed by atoms with Gasteiger partial charge in [-0.3, -0.25) is 4.79 Å². The largest absolute Gasteiger partial charge is 0.481 e. The molecule has 0 aliphatic carbocycles. The number of anilines is 1. The van der Waals surface area contributed by atoms with Gasteiger partial charge < -0.3 is 10.1 Å². The van der Waals surface area contributed by atoms with Crippen LogP contribution < -0.4 is 10.1 Å². The third-order valence-electron chi connectivity index (χ3n) is 3.34. The van der Waals surface area contributed by atoms with Gasteiger partial charge in [0.2, 0.25) is 0 Å². The Morgan fingerprint density at radius 1 is 1.00 bits per heavy atom. The number of aryl methyl sites for hydroxylation is 3. The lowest BCUT2D eigenvalue weighted by Crippen LogP contribution is -2.30. The number of carbonyl (C=O) groups is 1. The zero-order valence-corrected chi connectivity index (χ0v) is 12.9. The fourth-order valence-electron chi connectivity index (χ4n) is 1.96. The summed E-state index contributed by atoms with van der Waals surface area (Å²) < 4.78 is 5.77. The summed E-state index contributed by atoms with van der Waals surface area (Å²) in [4.78, 5) is 12.2. The molecule has 2 aromatic carbocycles. The van der Waals surface area contributed by atoms with Crippen molar-refractivity contribution in [3.8, 4) is 5.75 Å². The number of rotatable bonds is 4. The number of amides is 1. The van der Waals surface area contributed by atoms with Crippen molar-refractivity contribution in [3.63, 3.8) is 0 Å². The predicted octanol–water partition coefficient (Wildman–Crippen LogP) is 4.02. The summed E-state index contributed by atoms with van der Waals surface area (Å²) in [6.45, 7) is 7.74. The van der Waals surface area contributed by atoms with Crippen LogP contribution in [0.2, 0.25) is 0 Å². The van der Waals surface area contributed by atoms with E-state index in [4.69, 9.17) is 4.74 Å². The van der Waals surface area contributed by atoms with E-state index in [2.05, 4.69) is 5.32 Å². The van der Waals surface area contributed by atoms with Crippen LogP contribution in [0.3, 0.4) is 0 Å². The summed E-state index contributed by atoms with van der Waals surface area (Å²) in [5.41, 5.74) is 4.08. The van der Waals surface area contributed by atoms with Crippen LogP contribution in [-0.2, 0) is 4.79 Å². The van der Waals surface area contributed by atoms with Crippen molar-refractivity contribution >= 4 is 11.6 Å². The number of hydrogen-bond acceptors (Lipinski definition) is 2. The average molecular weight is 283 g/mol. The maximum Gasteiger partial charge on any atom is 0.265 e. The summed E-state index contributed by atoms with van der Waals surface area (Å²) in [6, 6.07) is 13.7. The maximum atomic E-state index is 12.2. The number of carbonyl (C=O) groups excluding carboxylic acids is 1. The van der Waals surface area contributed by atoms with Crippen molar-refractivity contribution in [2.75, 3.05) is 5.32 Å². The summed E-state index contributed by atoms with van der Waals surface area (Å²) in [6.07, 6.45) is -0.549. The molecule has 0 radical (unpaired) electrons. The van der Waals surface area contributed by atoms with Gasteiger partial charge in [-0.25, -0.2) is 0 Å². The van der Waals surface area contributed by atoms with E-state index in [1.54, 1.807) is 6.92 Å². The standard InChI is InChI=1S/C18H21NO2/c1-12-6-9-16(10-7-12)19-18(20)15(4)21-17-11-13(2)5-8-14(17)3/h5-11,15H,1-4H3,(H,19,20)/t15-/m1/s1. The monoisotopic (exact) mass is 283 g/mol. The van der Waals surface area contributed by atoms with Gasteiger partial charge in [0, 0.05) is 5.69 Å². The highest BCUT2D eigenvalue weighted by atomic mass is 16.5. The molecule has 0 fully saturated rings. The molecule has 0 saturated carbocycles. The van der Waals surface area contributed by atoms with E-state index >= 15 is 0 Å². The van der Waals surface area contributed by atoms with Crippen LogP contribution in [-0.4, -0.2) is 12.0 Å². The first-order valence-corrected chi connectivity index (χ1v) is 7.07. The number of nitrogens with one attached hydrogen (secondary N) is 1. The fraction of sp³-hybridized carbons (Fsp3) is 0.278. The number of ether oxygens (including phenoxy) is 1. The molecule has 0 saturated heterocycles. The Hall–Kier alpha value is -2.29. The van der Waals surface area contributed by atoms with E-state index in [9.17, 15) is 4.79 Å². The molecule has 1 N–H and O–H groups in total. The van der Waals surface area contributed by atoms with E-state index in [0.717, 1.165) is 28.1 Å². The van der Waals surface area contributed by atoms with Gasteiger partial charge in [-0.15, -0.1) is 0 Å². The Bertz CT molecular complexity index is 632. The van der Waals surface area contributed by atoms with Crippen molar-refractivity contribution in [3.05, 3.63) is 59.2 Å². The third kappa shape index (κ3) is 4.09. The molecule has 1 amide bonds. The van der Waals surface area contributed by atoms with Crippen LogP contribution in [0.4, 0.5) is 5.69 Å². The molecule has 0 heterocycles. The Balaban J connectivity index is 2.02. The quantitative estimate of drug-likeness (QED) is 0.920. The lowest BCUT2D eigenvalue weighted by Gasteiger charge is -2.16. The molecular formula is C18H21NO2. The lowest BCUT2D eigenvalue weighted by molar-refractivity contribution is -0.122. The minimum atomic E-state index is -0.549. The van der Waals surface area contributed by atoms with Gasteiger partial charge in [-0.2, -0.15) is 0 Å². The predicted molar refractivity (Wildman–Crippen MR) is 85.8 cm³/mol. The summed E-state index contributed by atoms with van der Waals surface area (Å²) >= 11 is 0. The summed E-state index contributed by atoms with van der Waals surface area (Å²) in [5, 5.41) is 2.86. The highest BCUT2D eigenvalue weighted by molar-refractivity contribution is 5.94. The van der Waals surface area contributed by atoms with Crippen molar-refractivity contribution < 1.29 is 9.53 Å². The maximum absolute atomic E-state index is 12.2. The molecule has 0 bridgehead atoms. The normalized spacial score (nSPS) is 11.8. The van der Waals surface area contributed by atoms with Gasteiger partial charge in [-0.1, -0.05) is 29.8 Å². The Morgan fingerprint density at radius 2 is 1.62 bits per heavy atom. The van der Waals surface area contributed by atoms with Crippen molar-refractivity contribution in [2.24, 2.45) is 0 Å². The molecule has 3 nitrogen and oxygen atoms in total. The van der Waals surface area contributed by atoms with Gasteiger partial charge in [0.1, 0.15) is 5.75 Å². The molecule has 2 rings (SSSR count). The first-order chi connectivity index (χ1) is 9.95. The second-order valence-electron chi connectivity index (χ2n) is 5.38. The molecular weight excluding hydrogens is 262 g/mol. The first kappa shape index (κ1) is 15.1. The highest BCUT2D eigenvalue weighted by Gasteiger charge is 2.15. The minimum Gasteiger partial charge on any atom is -0.481 e. The van der Waals surface area contributed by atoms with Gasteiger partial charge >= 0.3 is 0 Å². The van der Waals surface area contributed by atoms with Crippen molar-refractivity contribution in [1.82, 2.24) is 0 Å². The molecule has 1 atom stereocenters. The van der Waals surface area contributed by atoms with E-state index in [-0.39, 0.29) is 5.91 Å². The van der Waals surface area contributed by atoms with Crippen molar-refractivity contribution in [1.29, 1.82) is 0 Å². The van der Waals surface area contributed by atoms with Crippen LogP contribution in [0, 0.1) is 20.8 Å². The molecule has 3 heteroatoms. The van der Waals surface area contributed by atoms with Crippen LogP contribution in [0.25, 0.3) is 0 Å². The molecule has 2 aromatic rings. The van der Waals surface area contributed by atoms with Crippen LogP contribution in [0.15, 0.2) is 42.5 Å². The lowest BCUT2D eigenvalue weighted by atomic mass is 10.1. The van der Waals surface area contributed by atoms with E-state index in [1.807, 2.05) is 63.2 Å². The van der Waals surface area contributed by atoms with Gasteiger partial charge in [-0.05, 0) is 57.0 Å². The summed E-state index contributed by atoms with van der Waals surface area (Å²) in [7, 11) is 0. The average Bonchev–Trinajstić information content (AvgIpc) is 2.45. The second-order valence-corrected chi connectivity index (χ2v) is 5.38. The Labute approximate surface area is 126 Å². The fourth-order valence-corrected chi connectivity index (χ4v) is 1.96. The smallest absolute Gasteiger partial charge is 0.265 e. The van der Waals surface area contributed by atoms with E-state index < -0.39 is 6.10 Å². The topological polar surface area (TPSA) is 38.3 Å². The molecule has 0 spiro atoms. The van der Waals surface area contributed by atoms with E-state index in [0.29, 0.717) is 0 Å².